The fourth-order valence-corrected chi connectivity index (χ4v) is 3.99. The van der Waals surface area contributed by atoms with Gasteiger partial charge in [0.15, 0.2) is 13.9 Å². The van der Waals surface area contributed by atoms with Gasteiger partial charge < -0.3 is 14.3 Å². The second-order valence-electron chi connectivity index (χ2n) is 7.68. The smallest absolute Gasteiger partial charge is 0.334 e. The van der Waals surface area contributed by atoms with Crippen LogP contribution >= 0.6 is 0 Å². The summed E-state index contributed by atoms with van der Waals surface area (Å²) in [6.07, 6.45) is -0.675. The van der Waals surface area contributed by atoms with E-state index in [2.05, 4.69) is 33.9 Å². The molecule has 0 aromatic carbocycles. The van der Waals surface area contributed by atoms with E-state index in [0.717, 1.165) is 0 Å². The highest BCUT2D eigenvalue weighted by molar-refractivity contribution is 6.74. The number of esters is 1. The molecule has 1 N–H and O–H groups in total. The Kier molecular flexibility index (Phi) is 5.25. The van der Waals surface area contributed by atoms with Gasteiger partial charge in [0.25, 0.3) is 0 Å². The highest BCUT2D eigenvalue weighted by Gasteiger charge is 2.65. The second kappa shape index (κ2) is 6.42. The lowest BCUT2D eigenvalue weighted by molar-refractivity contribution is -0.357. The first kappa shape index (κ1) is 18.8. The number of carbonyl (C=O) groups is 1. The van der Waals surface area contributed by atoms with Crippen LogP contribution in [0.15, 0.2) is 0 Å². The molecule has 0 aromatic heterocycles. The van der Waals surface area contributed by atoms with Crippen LogP contribution in [0.4, 0.5) is 0 Å². The molecular formula is C15H29NO6Si. The van der Waals surface area contributed by atoms with E-state index in [1.54, 1.807) is 6.92 Å². The van der Waals surface area contributed by atoms with E-state index in [1.165, 1.54) is 5.23 Å². The Balaban J connectivity index is 2.30. The first-order valence-corrected chi connectivity index (χ1v) is 11.0. The van der Waals surface area contributed by atoms with Crippen molar-refractivity contribution in [2.45, 2.75) is 70.0 Å². The molecule has 7 nitrogen and oxygen atoms in total. The Hall–Kier alpha value is -0.513. The van der Waals surface area contributed by atoms with Crippen LogP contribution in [0.2, 0.25) is 18.1 Å². The largest absolute Gasteiger partial charge is 0.464 e. The van der Waals surface area contributed by atoms with Gasteiger partial charge in [0.05, 0.1) is 19.8 Å². The molecule has 8 heteroatoms. The Morgan fingerprint density at radius 3 is 2.61 bits per heavy atom. The van der Waals surface area contributed by atoms with E-state index in [4.69, 9.17) is 18.8 Å². The first-order chi connectivity index (χ1) is 10.6. The zero-order valence-corrected chi connectivity index (χ0v) is 15.9. The quantitative estimate of drug-likeness (QED) is 0.598. The minimum absolute atomic E-state index is 0.00606. The third-order valence-electron chi connectivity index (χ3n) is 5.06. The number of aliphatic hydroxyl groups excluding tert-OH is 1. The molecular weight excluding hydrogens is 318 g/mol. The molecule has 0 aliphatic carbocycles. The van der Waals surface area contributed by atoms with Crippen molar-refractivity contribution in [1.29, 1.82) is 0 Å². The van der Waals surface area contributed by atoms with Gasteiger partial charge in [-0.05, 0) is 30.3 Å². The van der Waals surface area contributed by atoms with E-state index in [9.17, 15) is 9.90 Å². The molecule has 2 heterocycles. The van der Waals surface area contributed by atoms with E-state index in [-0.39, 0.29) is 24.9 Å². The molecule has 0 radical (unpaired) electrons. The second-order valence-corrected chi connectivity index (χ2v) is 12.4. The number of carbonyl (C=O) groups excluding carboxylic acids is 1. The molecule has 0 spiro atoms. The van der Waals surface area contributed by atoms with Crippen LogP contribution in [0.1, 0.15) is 34.1 Å². The van der Waals surface area contributed by atoms with E-state index < -0.39 is 32.0 Å². The molecule has 0 saturated carbocycles. The van der Waals surface area contributed by atoms with E-state index >= 15 is 0 Å². The van der Waals surface area contributed by atoms with E-state index in [0.29, 0.717) is 6.42 Å². The average Bonchev–Trinajstić information content (AvgIpc) is 2.95. The van der Waals surface area contributed by atoms with Crippen molar-refractivity contribution in [3.63, 3.8) is 0 Å². The SMILES string of the molecule is CCOC(=O)[C@@]12CC(CO)ON1OC[C@H]2O[Si](C)(C)C(C)(C)C. The highest BCUT2D eigenvalue weighted by Crippen LogP contribution is 2.46. The monoisotopic (exact) mass is 347 g/mol. The summed E-state index contributed by atoms with van der Waals surface area (Å²) < 4.78 is 11.7. The highest BCUT2D eigenvalue weighted by atomic mass is 28.4. The molecule has 2 aliphatic rings. The molecule has 2 saturated heterocycles. The summed E-state index contributed by atoms with van der Waals surface area (Å²) >= 11 is 0. The maximum atomic E-state index is 12.7. The molecule has 1 unspecified atom stereocenters. The van der Waals surface area contributed by atoms with Gasteiger partial charge in [0.1, 0.15) is 12.2 Å². The average molecular weight is 347 g/mol. The van der Waals surface area contributed by atoms with Crippen LogP contribution in [0.25, 0.3) is 0 Å². The fourth-order valence-electron chi connectivity index (χ4n) is 2.66. The minimum Gasteiger partial charge on any atom is -0.464 e. The number of hydrogen-bond donors (Lipinski definition) is 1. The molecule has 2 rings (SSSR count). The molecule has 0 aromatic rings. The number of fused-ring (bicyclic) bond motifs is 1. The van der Waals surface area contributed by atoms with Crippen molar-refractivity contribution >= 4 is 14.3 Å². The Morgan fingerprint density at radius 2 is 2.09 bits per heavy atom. The van der Waals surface area contributed by atoms with E-state index in [1.807, 2.05) is 0 Å². The Labute approximate surface area is 138 Å². The number of hydroxylamine groups is 2. The fraction of sp³-hybridized carbons (Fsp3) is 0.933. The molecule has 0 amide bonds. The maximum Gasteiger partial charge on any atom is 0.334 e. The predicted molar refractivity (Wildman–Crippen MR) is 85.8 cm³/mol. The molecule has 23 heavy (non-hydrogen) atoms. The summed E-state index contributed by atoms with van der Waals surface area (Å²) in [5, 5.41) is 10.6. The molecule has 0 bridgehead atoms. The zero-order chi connectivity index (χ0) is 17.5. The van der Waals surface area contributed by atoms with Crippen LogP contribution in [0, 0.1) is 0 Å². The van der Waals surface area contributed by atoms with Crippen LogP contribution in [0.5, 0.6) is 0 Å². The molecule has 2 fully saturated rings. The number of ether oxygens (including phenoxy) is 1. The molecule has 134 valence electrons. The lowest BCUT2D eigenvalue weighted by Crippen LogP contribution is -2.58. The first-order valence-electron chi connectivity index (χ1n) is 8.14. The van der Waals surface area contributed by atoms with Crippen LogP contribution in [0.3, 0.4) is 0 Å². The topological polar surface area (TPSA) is 77.5 Å². The summed E-state index contributed by atoms with van der Waals surface area (Å²) in [6, 6.07) is 0. The van der Waals surface area contributed by atoms with Gasteiger partial charge in [-0.25, -0.2) is 4.79 Å². The van der Waals surface area contributed by atoms with Crippen molar-refractivity contribution in [2.24, 2.45) is 0 Å². The summed E-state index contributed by atoms with van der Waals surface area (Å²) in [7, 11) is -2.11. The number of nitrogens with zero attached hydrogens (tertiary/aromatic N) is 1. The third-order valence-corrected chi connectivity index (χ3v) is 9.55. The summed E-state index contributed by atoms with van der Waals surface area (Å²) in [6.45, 7) is 12.8. The Morgan fingerprint density at radius 1 is 1.43 bits per heavy atom. The minimum atomic E-state index is -2.11. The predicted octanol–water partition coefficient (Wildman–Crippen LogP) is 1.62. The van der Waals surface area contributed by atoms with Gasteiger partial charge in [-0.1, -0.05) is 20.8 Å². The van der Waals surface area contributed by atoms with Crippen molar-refractivity contribution in [2.75, 3.05) is 19.8 Å². The van der Waals surface area contributed by atoms with Gasteiger partial charge >= 0.3 is 5.97 Å². The zero-order valence-electron chi connectivity index (χ0n) is 14.9. The van der Waals surface area contributed by atoms with Crippen LogP contribution < -0.4 is 0 Å². The summed E-state index contributed by atoms with van der Waals surface area (Å²) in [5.74, 6) is -0.419. The molecule has 2 aliphatic heterocycles. The van der Waals surface area contributed by atoms with Crippen LogP contribution in [-0.2, 0) is 23.6 Å². The van der Waals surface area contributed by atoms with Gasteiger partial charge in [-0.3, -0.25) is 9.68 Å². The molecule has 3 atom stereocenters. The lowest BCUT2D eigenvalue weighted by Gasteiger charge is -2.41. The number of aliphatic hydroxyl groups is 1. The third kappa shape index (κ3) is 3.20. The van der Waals surface area contributed by atoms with Crippen molar-refractivity contribution in [1.82, 2.24) is 5.23 Å². The normalized spacial score (nSPS) is 32.1. The van der Waals surface area contributed by atoms with Crippen LogP contribution in [-0.4, -0.2) is 62.2 Å². The van der Waals surface area contributed by atoms with Gasteiger partial charge in [-0.15, -0.1) is 0 Å². The number of hydrogen-bond acceptors (Lipinski definition) is 7. The van der Waals surface area contributed by atoms with Gasteiger partial charge in [-0.2, -0.15) is 0 Å². The van der Waals surface area contributed by atoms with Gasteiger partial charge in [0.2, 0.25) is 0 Å². The summed E-state index contributed by atoms with van der Waals surface area (Å²) in [5.41, 5.74) is -1.14. The van der Waals surface area contributed by atoms with Crippen molar-refractivity contribution < 1.29 is 28.7 Å². The standard InChI is InChI=1S/C15H29NO6Si/c1-7-19-13(18)15-8-11(9-17)21-16(15)20-10-12(15)22-23(5,6)14(2,3)4/h11-12,17H,7-10H2,1-6H3/t11?,12-,15+/m1/s1. The van der Waals surface area contributed by atoms with Crippen molar-refractivity contribution in [3.8, 4) is 0 Å². The maximum absolute atomic E-state index is 12.7. The Bertz CT molecular complexity index is 452. The van der Waals surface area contributed by atoms with Gasteiger partial charge in [0, 0.05) is 6.42 Å². The lowest BCUT2D eigenvalue weighted by atomic mass is 9.89. The summed E-state index contributed by atoms with van der Waals surface area (Å²) in [4.78, 5) is 23.8. The van der Waals surface area contributed by atoms with Crippen molar-refractivity contribution in [3.05, 3.63) is 0 Å². The number of rotatable bonds is 5.